The van der Waals surface area contributed by atoms with Gasteiger partial charge in [0, 0.05) is 30.9 Å². The summed E-state index contributed by atoms with van der Waals surface area (Å²) in [5, 5.41) is 9.68. The van der Waals surface area contributed by atoms with Gasteiger partial charge in [-0.2, -0.15) is 4.98 Å². The molecule has 11 heteroatoms. The Morgan fingerprint density at radius 3 is 2.60 bits per heavy atom. The molecule has 2 fully saturated rings. The lowest BCUT2D eigenvalue weighted by molar-refractivity contribution is 0.342. The molecule has 1 aliphatic heterocycles. The van der Waals surface area contributed by atoms with Crippen LogP contribution in [0.5, 0.6) is 5.75 Å². The normalized spacial score (nSPS) is 18.1. The molecule has 0 spiro atoms. The van der Waals surface area contributed by atoms with Crippen LogP contribution in [-0.4, -0.2) is 56.4 Å². The van der Waals surface area contributed by atoms with Crippen molar-refractivity contribution in [1.82, 2.24) is 15.3 Å². The molecule has 0 radical (unpaired) electrons. The number of anilines is 5. The second-order valence-electron chi connectivity index (χ2n) is 10.3. The number of rotatable bonds is 10. The van der Waals surface area contributed by atoms with Crippen LogP contribution in [0.15, 0.2) is 53.6 Å². The number of hydrogen-bond acceptors (Lipinski definition) is 9. The molecule has 2 aliphatic rings. The molecule has 2 heterocycles. The summed E-state index contributed by atoms with van der Waals surface area (Å²) < 4.78 is 33.0. The first kappa shape index (κ1) is 28.4. The Balaban J connectivity index is 1.38. The third kappa shape index (κ3) is 6.29. The lowest BCUT2D eigenvalue weighted by Gasteiger charge is -2.23. The molecule has 1 saturated carbocycles. The summed E-state index contributed by atoms with van der Waals surface area (Å²) in [4.78, 5) is 11.5. The predicted octanol–water partition coefficient (Wildman–Crippen LogP) is 5.92. The third-order valence-electron chi connectivity index (χ3n) is 7.65. The highest BCUT2D eigenvalue weighted by atomic mass is 35.5. The number of halogens is 1. The average Bonchev–Trinajstić information content (AvgIpc) is 3.46. The molecule has 1 aliphatic carbocycles. The number of nitrogens with one attached hydrogen (secondary N) is 3. The van der Waals surface area contributed by atoms with Crippen molar-refractivity contribution < 1.29 is 13.2 Å². The molecular formula is C29H37ClN6O3S. The fourth-order valence-electron chi connectivity index (χ4n) is 5.45. The van der Waals surface area contributed by atoms with Gasteiger partial charge in [-0.3, -0.25) is 0 Å². The van der Waals surface area contributed by atoms with Crippen LogP contribution in [0.2, 0.25) is 5.02 Å². The highest BCUT2D eigenvalue weighted by Gasteiger charge is 2.31. The summed E-state index contributed by atoms with van der Waals surface area (Å²) in [5.74, 6) is 1.32. The summed E-state index contributed by atoms with van der Waals surface area (Å²) in [6.07, 6.45) is 6.92. The van der Waals surface area contributed by atoms with E-state index in [1.807, 2.05) is 26.1 Å². The van der Waals surface area contributed by atoms with E-state index in [0.717, 1.165) is 50.1 Å². The Morgan fingerprint density at radius 2 is 1.85 bits per heavy atom. The van der Waals surface area contributed by atoms with E-state index >= 15 is 0 Å². The fourth-order valence-corrected chi connectivity index (χ4v) is 7.60. The van der Waals surface area contributed by atoms with E-state index in [0.29, 0.717) is 48.7 Å². The highest BCUT2D eigenvalue weighted by molar-refractivity contribution is 7.92. The van der Waals surface area contributed by atoms with Gasteiger partial charge in [0.05, 0.1) is 34.3 Å². The highest BCUT2D eigenvalue weighted by Crippen LogP contribution is 2.36. The minimum atomic E-state index is -3.50. The standard InChI is InChI=1S/C29H37ClN6O3S/c1-3-39-26-17-21(36-16-15-20(19-36)31-2)13-14-24(26)34-29-32-18-23(30)28(35-29)33-25-11-7-8-12-27(25)40(37,38)22-9-5-4-6-10-22/h7-8,11-14,17-18,20,22,31H,3-6,9-10,15-16,19H2,1-2H3,(H2,32,33,34,35)/t20-/m1/s1. The second kappa shape index (κ2) is 12.6. The first-order chi connectivity index (χ1) is 19.4. The molecular weight excluding hydrogens is 548 g/mol. The number of likely N-dealkylation sites (N-methyl/N-ethyl adjacent to an activating group) is 1. The number of hydrogen-bond donors (Lipinski definition) is 3. The van der Waals surface area contributed by atoms with Gasteiger partial charge >= 0.3 is 0 Å². The Kier molecular flexibility index (Phi) is 8.97. The molecule has 3 N–H and O–H groups in total. The minimum absolute atomic E-state index is 0.266. The first-order valence-electron chi connectivity index (χ1n) is 14.0. The molecule has 1 atom stereocenters. The Labute approximate surface area is 241 Å². The van der Waals surface area contributed by atoms with Gasteiger partial charge in [-0.1, -0.05) is 43.0 Å². The Hall–Kier alpha value is -3.08. The molecule has 0 unspecified atom stereocenters. The molecule has 40 heavy (non-hydrogen) atoms. The SMILES string of the molecule is CCOc1cc(N2CC[C@@H](NC)C2)ccc1Nc1ncc(Cl)c(Nc2ccccc2S(=O)(=O)C2CCCCC2)n1. The zero-order chi connectivity index (χ0) is 28.1. The van der Waals surface area contributed by atoms with Crippen LogP contribution >= 0.6 is 11.6 Å². The van der Waals surface area contributed by atoms with Gasteiger partial charge in [0.15, 0.2) is 15.7 Å². The van der Waals surface area contributed by atoms with Gasteiger partial charge in [-0.15, -0.1) is 0 Å². The molecule has 214 valence electrons. The lowest BCUT2D eigenvalue weighted by atomic mass is 10.0. The van der Waals surface area contributed by atoms with Crippen molar-refractivity contribution >= 4 is 50.3 Å². The van der Waals surface area contributed by atoms with E-state index in [2.05, 4.69) is 36.9 Å². The van der Waals surface area contributed by atoms with Crippen molar-refractivity contribution in [2.75, 3.05) is 42.3 Å². The van der Waals surface area contributed by atoms with E-state index in [1.54, 1.807) is 24.3 Å². The van der Waals surface area contributed by atoms with Gasteiger partial charge in [-0.25, -0.2) is 13.4 Å². The van der Waals surface area contributed by atoms with Crippen LogP contribution in [0.1, 0.15) is 45.4 Å². The van der Waals surface area contributed by atoms with Crippen LogP contribution in [0.25, 0.3) is 0 Å². The summed E-state index contributed by atoms with van der Waals surface area (Å²) in [6.45, 7) is 4.39. The molecule has 0 bridgehead atoms. The molecule has 9 nitrogen and oxygen atoms in total. The van der Waals surface area contributed by atoms with Gasteiger partial charge in [0.25, 0.3) is 0 Å². The molecule has 0 amide bonds. The fraction of sp³-hybridized carbons (Fsp3) is 0.448. The smallest absolute Gasteiger partial charge is 0.229 e. The number of nitrogens with zero attached hydrogens (tertiary/aromatic N) is 3. The summed E-state index contributed by atoms with van der Waals surface area (Å²) in [7, 11) is -1.51. The first-order valence-corrected chi connectivity index (χ1v) is 15.9. The van der Waals surface area contributed by atoms with Crippen LogP contribution in [0.3, 0.4) is 0 Å². The number of ether oxygens (including phenoxy) is 1. The van der Waals surface area contributed by atoms with Crippen molar-refractivity contribution in [3.63, 3.8) is 0 Å². The summed E-state index contributed by atoms with van der Waals surface area (Å²) in [6, 6.07) is 13.5. The summed E-state index contributed by atoms with van der Waals surface area (Å²) >= 11 is 6.46. The number of sulfone groups is 1. The maximum absolute atomic E-state index is 13.5. The quantitative estimate of drug-likeness (QED) is 0.267. The monoisotopic (exact) mass is 584 g/mol. The molecule has 1 aromatic heterocycles. The largest absolute Gasteiger partial charge is 0.492 e. The van der Waals surface area contributed by atoms with Gasteiger partial charge in [0.2, 0.25) is 5.95 Å². The zero-order valence-electron chi connectivity index (χ0n) is 23.0. The minimum Gasteiger partial charge on any atom is -0.492 e. The van der Waals surface area contributed by atoms with Crippen molar-refractivity contribution in [2.24, 2.45) is 0 Å². The molecule has 5 rings (SSSR count). The topological polar surface area (TPSA) is 108 Å². The van der Waals surface area contributed by atoms with Crippen LogP contribution in [0.4, 0.5) is 28.8 Å². The van der Waals surface area contributed by atoms with E-state index in [-0.39, 0.29) is 15.2 Å². The van der Waals surface area contributed by atoms with Crippen molar-refractivity contribution in [2.45, 2.75) is 61.6 Å². The van der Waals surface area contributed by atoms with Crippen molar-refractivity contribution in [1.29, 1.82) is 0 Å². The van der Waals surface area contributed by atoms with Crippen molar-refractivity contribution in [3.05, 3.63) is 53.7 Å². The number of benzene rings is 2. The van der Waals surface area contributed by atoms with E-state index < -0.39 is 9.84 Å². The van der Waals surface area contributed by atoms with E-state index in [9.17, 15) is 8.42 Å². The zero-order valence-corrected chi connectivity index (χ0v) is 24.6. The lowest BCUT2D eigenvalue weighted by Crippen LogP contribution is -2.29. The second-order valence-corrected chi connectivity index (χ2v) is 12.9. The molecule has 2 aromatic carbocycles. The molecule has 3 aromatic rings. The molecule has 1 saturated heterocycles. The van der Waals surface area contributed by atoms with Crippen molar-refractivity contribution in [3.8, 4) is 5.75 Å². The van der Waals surface area contributed by atoms with Gasteiger partial charge < -0.3 is 25.6 Å². The van der Waals surface area contributed by atoms with Gasteiger partial charge in [-0.05, 0) is 57.5 Å². The van der Waals surface area contributed by atoms with E-state index in [4.69, 9.17) is 16.3 Å². The third-order valence-corrected chi connectivity index (χ3v) is 10.2. The summed E-state index contributed by atoms with van der Waals surface area (Å²) in [5.41, 5.74) is 2.27. The average molecular weight is 585 g/mol. The number of aromatic nitrogens is 2. The Bertz CT molecular complexity index is 1430. The van der Waals surface area contributed by atoms with Gasteiger partial charge in [0.1, 0.15) is 10.8 Å². The van der Waals surface area contributed by atoms with Crippen LogP contribution in [0, 0.1) is 0 Å². The maximum Gasteiger partial charge on any atom is 0.229 e. The van der Waals surface area contributed by atoms with E-state index in [1.165, 1.54) is 6.20 Å². The predicted molar refractivity (Wildman–Crippen MR) is 161 cm³/mol. The Morgan fingerprint density at radius 1 is 1.05 bits per heavy atom. The van der Waals surface area contributed by atoms with Crippen LogP contribution in [-0.2, 0) is 9.84 Å². The van der Waals surface area contributed by atoms with Crippen LogP contribution < -0.4 is 25.6 Å². The maximum atomic E-state index is 13.5. The number of para-hydroxylation sites is 1.